The molecule has 0 unspecified atom stereocenters. The molecule has 0 saturated heterocycles. The zero-order valence-electron chi connectivity index (χ0n) is 21.8. The molecule has 3 aromatic carbocycles. The smallest absolute Gasteiger partial charge is 0.264 e. The molecule has 8 nitrogen and oxygen atoms in total. The minimum atomic E-state index is -4.03. The van der Waals surface area contributed by atoms with Crippen molar-refractivity contribution in [3.63, 3.8) is 0 Å². The summed E-state index contributed by atoms with van der Waals surface area (Å²) in [4.78, 5) is 13.0. The molecule has 196 valence electrons. The quantitative estimate of drug-likeness (QED) is 0.250. The first kappa shape index (κ1) is 26.7. The number of hydrogen-bond donors (Lipinski definition) is 1. The van der Waals surface area contributed by atoms with Gasteiger partial charge in [0.15, 0.2) is 0 Å². The Hall–Kier alpha value is -4.37. The fourth-order valence-electron chi connectivity index (χ4n) is 4.13. The summed E-state index contributed by atoms with van der Waals surface area (Å²) in [5, 5.41) is 4.11. The van der Waals surface area contributed by atoms with Gasteiger partial charge < -0.3 is 9.30 Å². The molecule has 0 atom stereocenters. The van der Waals surface area contributed by atoms with Gasteiger partial charge in [0.2, 0.25) is 0 Å². The van der Waals surface area contributed by atoms with Crippen molar-refractivity contribution >= 4 is 27.8 Å². The average Bonchev–Trinajstić information content (AvgIpc) is 3.20. The van der Waals surface area contributed by atoms with Crippen molar-refractivity contribution in [2.45, 2.75) is 25.7 Å². The largest absolute Gasteiger partial charge is 0.497 e. The monoisotopic (exact) mass is 530 g/mol. The number of amides is 1. The minimum Gasteiger partial charge on any atom is -0.497 e. The summed E-state index contributed by atoms with van der Waals surface area (Å²) >= 11 is 0. The summed E-state index contributed by atoms with van der Waals surface area (Å²) in [6, 6.07) is 24.9. The zero-order chi connectivity index (χ0) is 27.3. The lowest BCUT2D eigenvalue weighted by molar-refractivity contribution is -0.119. The van der Waals surface area contributed by atoms with Crippen LogP contribution < -0.4 is 14.5 Å². The first-order valence-electron chi connectivity index (χ1n) is 12.0. The molecule has 4 rings (SSSR count). The van der Waals surface area contributed by atoms with Gasteiger partial charge >= 0.3 is 0 Å². The van der Waals surface area contributed by atoms with E-state index in [0.29, 0.717) is 11.4 Å². The molecule has 1 heterocycles. The summed E-state index contributed by atoms with van der Waals surface area (Å²) in [6.45, 7) is 5.39. The number of carbonyl (C=O) groups excluding carboxylic acids is 1. The summed E-state index contributed by atoms with van der Waals surface area (Å²) in [6.07, 6.45) is 1.56. The van der Waals surface area contributed by atoms with E-state index in [0.717, 1.165) is 32.5 Å². The van der Waals surface area contributed by atoms with Gasteiger partial charge in [-0.3, -0.25) is 9.10 Å². The molecule has 4 aromatic rings. The maximum atomic E-state index is 13.5. The lowest BCUT2D eigenvalue weighted by atomic mass is 10.2. The van der Waals surface area contributed by atoms with Crippen molar-refractivity contribution in [2.75, 3.05) is 18.0 Å². The molecule has 1 amide bonds. The van der Waals surface area contributed by atoms with Gasteiger partial charge in [-0.2, -0.15) is 5.10 Å². The van der Waals surface area contributed by atoms with Crippen LogP contribution in [-0.2, 0) is 14.8 Å². The number of aryl methyl sites for hydroxylation is 2. The number of methoxy groups -OCH3 is 1. The SMILES string of the molecule is COc1ccc(N(CC(=O)N/N=C\c2cc(C)n(-c3ccccc3)c2C)S(=O)(=O)c2ccc(C)cc2)cc1. The minimum absolute atomic E-state index is 0.0866. The lowest BCUT2D eigenvalue weighted by Gasteiger charge is -2.24. The van der Waals surface area contributed by atoms with Crippen LogP contribution >= 0.6 is 0 Å². The Morgan fingerprint density at radius 2 is 1.63 bits per heavy atom. The van der Waals surface area contributed by atoms with Gasteiger partial charge in [0.05, 0.1) is 23.9 Å². The van der Waals surface area contributed by atoms with Gasteiger partial charge in [-0.05, 0) is 75.4 Å². The Morgan fingerprint density at radius 1 is 0.974 bits per heavy atom. The molecule has 0 aliphatic rings. The summed E-state index contributed by atoms with van der Waals surface area (Å²) in [5.41, 5.74) is 7.59. The number of benzene rings is 3. The third-order valence-electron chi connectivity index (χ3n) is 6.13. The topological polar surface area (TPSA) is 93.0 Å². The first-order chi connectivity index (χ1) is 18.2. The molecule has 38 heavy (non-hydrogen) atoms. The summed E-state index contributed by atoms with van der Waals surface area (Å²) < 4.78 is 35.4. The molecule has 0 aliphatic carbocycles. The molecule has 1 N–H and O–H groups in total. The molecule has 0 spiro atoms. The predicted octanol–water partition coefficient (Wildman–Crippen LogP) is 4.76. The molecule has 9 heteroatoms. The van der Waals surface area contributed by atoms with E-state index in [1.165, 1.54) is 19.2 Å². The molecule has 0 aliphatic heterocycles. The number of carbonyl (C=O) groups is 1. The van der Waals surface area contributed by atoms with Crippen molar-refractivity contribution in [3.8, 4) is 11.4 Å². The van der Waals surface area contributed by atoms with E-state index < -0.39 is 22.5 Å². The standard InChI is InChI=1S/C29H30N4O4S/c1-21-10-16-28(17-11-21)38(35,36)32(25-12-14-27(37-4)15-13-25)20-29(34)31-30-19-24-18-22(2)33(23(24)3)26-8-6-5-7-9-26/h5-19H,20H2,1-4H3,(H,31,34)/b30-19-. The third kappa shape index (κ3) is 5.78. The molecular formula is C29H30N4O4S. The number of para-hydroxylation sites is 1. The Morgan fingerprint density at radius 3 is 2.26 bits per heavy atom. The van der Waals surface area contributed by atoms with Gasteiger partial charge in [0.1, 0.15) is 12.3 Å². The van der Waals surface area contributed by atoms with Crippen LogP contribution in [0, 0.1) is 20.8 Å². The van der Waals surface area contributed by atoms with Crippen LogP contribution in [0.5, 0.6) is 5.75 Å². The summed E-state index contributed by atoms with van der Waals surface area (Å²) in [7, 11) is -2.50. The van der Waals surface area contributed by atoms with E-state index >= 15 is 0 Å². The van der Waals surface area contributed by atoms with E-state index in [-0.39, 0.29) is 4.90 Å². The van der Waals surface area contributed by atoms with Crippen LogP contribution in [0.3, 0.4) is 0 Å². The van der Waals surface area contributed by atoms with E-state index in [1.54, 1.807) is 42.6 Å². The van der Waals surface area contributed by atoms with E-state index in [9.17, 15) is 13.2 Å². The number of hydrazone groups is 1. The fourth-order valence-corrected chi connectivity index (χ4v) is 5.55. The van der Waals surface area contributed by atoms with Crippen molar-refractivity contribution in [1.82, 2.24) is 9.99 Å². The number of nitrogens with zero attached hydrogens (tertiary/aromatic N) is 3. The second kappa shape index (κ2) is 11.4. The van der Waals surface area contributed by atoms with Crippen LogP contribution in [0.1, 0.15) is 22.5 Å². The number of aromatic nitrogens is 1. The van der Waals surface area contributed by atoms with Crippen molar-refractivity contribution < 1.29 is 17.9 Å². The number of anilines is 1. The van der Waals surface area contributed by atoms with Gasteiger partial charge in [-0.25, -0.2) is 13.8 Å². The van der Waals surface area contributed by atoms with Crippen molar-refractivity contribution in [2.24, 2.45) is 5.10 Å². The Kier molecular flexibility index (Phi) is 7.97. The van der Waals surface area contributed by atoms with Crippen LogP contribution in [0.2, 0.25) is 0 Å². The van der Waals surface area contributed by atoms with Gasteiger partial charge in [0.25, 0.3) is 15.9 Å². The highest BCUT2D eigenvalue weighted by Gasteiger charge is 2.27. The maximum Gasteiger partial charge on any atom is 0.264 e. The molecule has 0 fully saturated rings. The molecule has 0 bridgehead atoms. The second-order valence-electron chi connectivity index (χ2n) is 8.81. The van der Waals surface area contributed by atoms with Crippen molar-refractivity contribution in [3.05, 3.63) is 107 Å². The van der Waals surface area contributed by atoms with Gasteiger partial charge in [-0.15, -0.1) is 0 Å². The highest BCUT2D eigenvalue weighted by Crippen LogP contribution is 2.26. The van der Waals surface area contributed by atoms with Crippen LogP contribution in [-0.4, -0.2) is 38.8 Å². The van der Waals surface area contributed by atoms with Gasteiger partial charge in [0, 0.05) is 22.6 Å². The molecule has 0 saturated carbocycles. The first-order valence-corrected chi connectivity index (χ1v) is 13.4. The van der Waals surface area contributed by atoms with Crippen LogP contribution in [0.4, 0.5) is 5.69 Å². The Labute approximate surface area is 223 Å². The Balaban J connectivity index is 1.55. The maximum absolute atomic E-state index is 13.5. The average molecular weight is 531 g/mol. The number of hydrogen-bond acceptors (Lipinski definition) is 5. The Bertz CT molecular complexity index is 1540. The normalized spacial score (nSPS) is 11.5. The lowest BCUT2D eigenvalue weighted by Crippen LogP contribution is -2.39. The van der Waals surface area contributed by atoms with Gasteiger partial charge in [-0.1, -0.05) is 35.9 Å². The number of sulfonamides is 1. The molecule has 0 radical (unpaired) electrons. The second-order valence-corrected chi connectivity index (χ2v) is 10.7. The van der Waals surface area contributed by atoms with E-state index in [4.69, 9.17) is 4.74 Å². The van der Waals surface area contributed by atoms with E-state index in [1.807, 2.05) is 57.2 Å². The third-order valence-corrected chi connectivity index (χ3v) is 7.92. The van der Waals surface area contributed by atoms with Crippen molar-refractivity contribution in [1.29, 1.82) is 0 Å². The van der Waals surface area contributed by atoms with Crippen LogP contribution in [0.15, 0.2) is 94.9 Å². The van der Waals surface area contributed by atoms with Crippen LogP contribution in [0.25, 0.3) is 5.69 Å². The number of ether oxygens (including phenoxy) is 1. The molecule has 1 aromatic heterocycles. The number of nitrogens with one attached hydrogen (secondary N) is 1. The number of rotatable bonds is 9. The fraction of sp³-hybridized carbons (Fsp3) is 0.172. The zero-order valence-corrected chi connectivity index (χ0v) is 22.6. The molecular weight excluding hydrogens is 500 g/mol. The highest BCUT2D eigenvalue weighted by molar-refractivity contribution is 7.92. The summed E-state index contributed by atoms with van der Waals surface area (Å²) in [5.74, 6) is -0.00629. The highest BCUT2D eigenvalue weighted by atomic mass is 32.2. The van der Waals surface area contributed by atoms with E-state index in [2.05, 4.69) is 15.1 Å². The predicted molar refractivity (Wildman–Crippen MR) is 150 cm³/mol.